The number of carboxylic acid groups (broad SMARTS) is 1. The number of hydrogen-bond acceptors (Lipinski definition) is 6. The van der Waals surface area contributed by atoms with Crippen LogP contribution in [0.25, 0.3) is 0 Å². The van der Waals surface area contributed by atoms with E-state index in [0.717, 1.165) is 5.75 Å². The smallest absolute Gasteiger partial charge is 0.355 e. The van der Waals surface area contributed by atoms with Crippen molar-refractivity contribution in [3.8, 4) is 0 Å². The van der Waals surface area contributed by atoms with Crippen LogP contribution in [0, 0.1) is 0 Å². The van der Waals surface area contributed by atoms with Crippen molar-refractivity contribution < 1.29 is 19.4 Å². The van der Waals surface area contributed by atoms with Crippen LogP contribution in [0.1, 0.15) is 28.5 Å². The number of ether oxygens (including phenoxy) is 1. The van der Waals surface area contributed by atoms with Gasteiger partial charge in [-0.1, -0.05) is 0 Å². The Bertz CT molecular complexity index is 436. The molecule has 1 aromatic heterocycles. The molecule has 2 N–H and O–H groups in total. The van der Waals surface area contributed by atoms with E-state index in [1.54, 1.807) is 14.0 Å². The average molecular weight is 304 g/mol. The number of thioether (sulfide) groups is 1. The molecule has 8 heteroatoms. The number of nitrogens with one attached hydrogen (secondary N) is 1. The number of amides is 1. The van der Waals surface area contributed by atoms with Gasteiger partial charge in [-0.15, -0.1) is 23.1 Å². The molecule has 0 saturated carbocycles. The Labute approximate surface area is 119 Å². The first-order valence-corrected chi connectivity index (χ1v) is 7.62. The summed E-state index contributed by atoms with van der Waals surface area (Å²) in [7, 11) is 1.62. The van der Waals surface area contributed by atoms with Crippen LogP contribution < -0.4 is 5.32 Å². The molecule has 6 nitrogen and oxygen atoms in total. The number of aromatic nitrogens is 1. The summed E-state index contributed by atoms with van der Waals surface area (Å²) in [5.41, 5.74) is 0.00979. The number of thiazole rings is 1. The number of methoxy groups -OCH3 is 1. The molecular weight excluding hydrogens is 288 g/mol. The second-order valence-electron chi connectivity index (χ2n) is 3.71. The number of carbonyl (C=O) groups is 2. The number of nitrogens with zero attached hydrogens (tertiary/aromatic N) is 1. The SMILES string of the molecule is COCCSCC(=O)NC(C)c1nc(C(=O)O)cs1. The highest BCUT2D eigenvalue weighted by molar-refractivity contribution is 7.99. The van der Waals surface area contributed by atoms with Crippen molar-refractivity contribution in [3.63, 3.8) is 0 Å². The topological polar surface area (TPSA) is 88.5 Å². The quantitative estimate of drug-likeness (QED) is 0.706. The standard InChI is InChI=1S/C11H16N2O4S2/c1-7(10-13-8(5-19-10)11(15)16)12-9(14)6-18-4-3-17-2/h5,7H,3-4,6H2,1-2H3,(H,12,14)(H,15,16). The van der Waals surface area contributed by atoms with Gasteiger partial charge in [0.15, 0.2) is 5.69 Å². The van der Waals surface area contributed by atoms with E-state index in [2.05, 4.69) is 10.3 Å². The maximum absolute atomic E-state index is 11.6. The Hall–Kier alpha value is -1.12. The molecule has 0 aromatic carbocycles. The van der Waals surface area contributed by atoms with Gasteiger partial charge in [0.25, 0.3) is 0 Å². The maximum Gasteiger partial charge on any atom is 0.355 e. The van der Waals surface area contributed by atoms with Crippen LogP contribution in [0.2, 0.25) is 0 Å². The van der Waals surface area contributed by atoms with Gasteiger partial charge in [0, 0.05) is 18.2 Å². The number of rotatable bonds is 8. The first kappa shape index (κ1) is 15.9. The van der Waals surface area contributed by atoms with Gasteiger partial charge < -0.3 is 15.2 Å². The molecule has 1 unspecified atom stereocenters. The third-order valence-corrected chi connectivity index (χ3v) is 4.10. The van der Waals surface area contributed by atoms with Gasteiger partial charge in [-0.05, 0) is 6.92 Å². The molecule has 1 heterocycles. The van der Waals surface area contributed by atoms with Crippen LogP contribution in [0.4, 0.5) is 0 Å². The number of aromatic carboxylic acids is 1. The Morgan fingerprint density at radius 2 is 2.37 bits per heavy atom. The summed E-state index contributed by atoms with van der Waals surface area (Å²) in [4.78, 5) is 26.3. The van der Waals surface area contributed by atoms with Gasteiger partial charge in [-0.25, -0.2) is 9.78 Å². The molecular formula is C11H16N2O4S2. The largest absolute Gasteiger partial charge is 0.476 e. The molecule has 0 aliphatic rings. The van der Waals surface area contributed by atoms with E-state index in [0.29, 0.717) is 17.4 Å². The molecule has 0 aliphatic carbocycles. The van der Waals surface area contributed by atoms with E-state index in [9.17, 15) is 9.59 Å². The van der Waals surface area contributed by atoms with Crippen molar-refractivity contribution in [3.05, 3.63) is 16.1 Å². The lowest BCUT2D eigenvalue weighted by atomic mass is 10.3. The fourth-order valence-corrected chi connectivity index (χ4v) is 2.73. The molecule has 0 bridgehead atoms. The summed E-state index contributed by atoms with van der Waals surface area (Å²) >= 11 is 2.71. The van der Waals surface area contributed by atoms with Crippen LogP contribution in [0.5, 0.6) is 0 Å². The number of carboxylic acids is 1. The lowest BCUT2D eigenvalue weighted by Gasteiger charge is -2.10. The monoisotopic (exact) mass is 304 g/mol. The van der Waals surface area contributed by atoms with Crippen molar-refractivity contribution in [1.82, 2.24) is 10.3 Å². The van der Waals surface area contributed by atoms with Crippen molar-refractivity contribution >= 4 is 35.0 Å². The van der Waals surface area contributed by atoms with Gasteiger partial charge in [0.1, 0.15) is 5.01 Å². The average Bonchev–Trinajstić information content (AvgIpc) is 2.84. The van der Waals surface area contributed by atoms with Crippen molar-refractivity contribution in [2.75, 3.05) is 25.2 Å². The molecule has 1 rings (SSSR count). The van der Waals surface area contributed by atoms with Crippen molar-refractivity contribution in [2.24, 2.45) is 0 Å². The van der Waals surface area contributed by atoms with Crippen LogP contribution in [-0.4, -0.2) is 47.2 Å². The van der Waals surface area contributed by atoms with Crippen LogP contribution in [-0.2, 0) is 9.53 Å². The van der Waals surface area contributed by atoms with Crippen molar-refractivity contribution in [2.45, 2.75) is 13.0 Å². The minimum atomic E-state index is -1.06. The van der Waals surface area contributed by atoms with Gasteiger partial charge >= 0.3 is 5.97 Å². The predicted molar refractivity (Wildman–Crippen MR) is 74.8 cm³/mol. The van der Waals surface area contributed by atoms with Crippen LogP contribution in [0.3, 0.4) is 0 Å². The molecule has 1 aromatic rings. The molecule has 0 fully saturated rings. The van der Waals surface area contributed by atoms with Crippen molar-refractivity contribution in [1.29, 1.82) is 0 Å². The molecule has 0 aliphatic heterocycles. The molecule has 1 amide bonds. The lowest BCUT2D eigenvalue weighted by Crippen LogP contribution is -2.28. The summed E-state index contributed by atoms with van der Waals surface area (Å²) in [6.07, 6.45) is 0. The highest BCUT2D eigenvalue weighted by atomic mass is 32.2. The summed E-state index contributed by atoms with van der Waals surface area (Å²) in [5.74, 6) is -0.0411. The summed E-state index contributed by atoms with van der Waals surface area (Å²) < 4.78 is 4.88. The minimum absolute atomic E-state index is 0.00979. The fourth-order valence-electron chi connectivity index (χ4n) is 1.24. The molecule has 19 heavy (non-hydrogen) atoms. The van der Waals surface area contributed by atoms with Gasteiger partial charge in [-0.3, -0.25) is 4.79 Å². The van der Waals surface area contributed by atoms with Crippen LogP contribution >= 0.6 is 23.1 Å². The van der Waals surface area contributed by atoms with E-state index in [1.807, 2.05) is 0 Å². The summed E-state index contributed by atoms with van der Waals surface area (Å²) in [6.45, 7) is 2.39. The van der Waals surface area contributed by atoms with Gasteiger partial charge in [0.05, 0.1) is 18.4 Å². The van der Waals surface area contributed by atoms with E-state index in [-0.39, 0.29) is 17.6 Å². The molecule has 0 spiro atoms. The van der Waals surface area contributed by atoms with E-state index in [4.69, 9.17) is 9.84 Å². The highest BCUT2D eigenvalue weighted by Crippen LogP contribution is 2.18. The van der Waals surface area contributed by atoms with Gasteiger partial charge in [0.2, 0.25) is 5.91 Å². The Morgan fingerprint density at radius 3 is 2.95 bits per heavy atom. The summed E-state index contributed by atoms with van der Waals surface area (Å²) in [5, 5.41) is 13.6. The number of carbonyl (C=O) groups excluding carboxylic acids is 1. The number of hydrogen-bond donors (Lipinski definition) is 2. The van der Waals surface area contributed by atoms with Crippen LogP contribution in [0.15, 0.2) is 5.38 Å². The van der Waals surface area contributed by atoms with E-state index >= 15 is 0 Å². The first-order chi connectivity index (χ1) is 9.04. The Kier molecular flexibility index (Phi) is 6.82. The zero-order valence-electron chi connectivity index (χ0n) is 10.7. The van der Waals surface area contributed by atoms with E-state index in [1.165, 1.54) is 28.5 Å². The molecule has 1 atom stereocenters. The zero-order valence-corrected chi connectivity index (χ0v) is 12.3. The Morgan fingerprint density at radius 1 is 1.63 bits per heavy atom. The second-order valence-corrected chi connectivity index (χ2v) is 5.71. The molecule has 0 radical (unpaired) electrons. The third kappa shape index (κ3) is 5.58. The Balaban J connectivity index is 2.38. The first-order valence-electron chi connectivity index (χ1n) is 5.59. The summed E-state index contributed by atoms with van der Waals surface area (Å²) in [6, 6.07) is -0.284. The lowest BCUT2D eigenvalue weighted by molar-refractivity contribution is -0.119. The van der Waals surface area contributed by atoms with Gasteiger partial charge in [-0.2, -0.15) is 0 Å². The normalized spacial score (nSPS) is 12.1. The minimum Gasteiger partial charge on any atom is -0.476 e. The third-order valence-electron chi connectivity index (χ3n) is 2.15. The fraction of sp³-hybridized carbons (Fsp3) is 0.545. The molecule has 106 valence electrons. The second kappa shape index (κ2) is 8.13. The maximum atomic E-state index is 11.6. The van der Waals surface area contributed by atoms with E-state index < -0.39 is 5.97 Å². The predicted octanol–water partition coefficient (Wildman–Crippen LogP) is 1.40. The molecule has 0 saturated heterocycles. The highest BCUT2D eigenvalue weighted by Gasteiger charge is 2.15. The zero-order chi connectivity index (χ0) is 14.3.